The van der Waals surface area contributed by atoms with Crippen molar-refractivity contribution in [3.8, 4) is 0 Å². The molecule has 3 atom stereocenters. The summed E-state index contributed by atoms with van der Waals surface area (Å²) in [6.45, 7) is 3.13. The minimum Gasteiger partial charge on any atom is -0.375 e. The summed E-state index contributed by atoms with van der Waals surface area (Å²) in [6, 6.07) is 1.34. The highest BCUT2D eigenvalue weighted by atomic mass is 16.5. The van der Waals surface area contributed by atoms with Crippen LogP contribution < -0.4 is 5.32 Å². The maximum absolute atomic E-state index is 5.49. The Hall–Kier alpha value is -0.0800. The molecule has 0 amide bonds. The van der Waals surface area contributed by atoms with E-state index in [4.69, 9.17) is 4.74 Å². The SMILES string of the molecule is CCC1COC2CC2N1. The Morgan fingerprint density at radius 3 is 3.22 bits per heavy atom. The molecule has 2 nitrogen and oxygen atoms in total. The Bertz CT molecular complexity index is 115. The van der Waals surface area contributed by atoms with Gasteiger partial charge in [0, 0.05) is 12.1 Å². The number of rotatable bonds is 1. The Morgan fingerprint density at radius 1 is 1.67 bits per heavy atom. The van der Waals surface area contributed by atoms with Crippen LogP contribution in [0.3, 0.4) is 0 Å². The number of hydrogen-bond donors (Lipinski definition) is 1. The van der Waals surface area contributed by atoms with E-state index in [1.807, 2.05) is 0 Å². The minimum atomic E-state index is 0.577. The molecule has 0 aromatic carbocycles. The van der Waals surface area contributed by atoms with E-state index >= 15 is 0 Å². The number of fused-ring (bicyclic) bond motifs is 1. The van der Waals surface area contributed by atoms with Crippen molar-refractivity contribution < 1.29 is 4.74 Å². The molecule has 3 unspecified atom stereocenters. The Kier molecular flexibility index (Phi) is 1.24. The number of hydrogen-bond acceptors (Lipinski definition) is 2. The van der Waals surface area contributed by atoms with Crippen molar-refractivity contribution in [2.75, 3.05) is 6.61 Å². The van der Waals surface area contributed by atoms with Crippen LogP contribution in [0, 0.1) is 0 Å². The lowest BCUT2D eigenvalue weighted by molar-refractivity contribution is 0.0624. The summed E-state index contributed by atoms with van der Waals surface area (Å²) in [6.07, 6.45) is 3.02. The fraction of sp³-hybridized carbons (Fsp3) is 1.00. The molecule has 2 rings (SSSR count). The Morgan fingerprint density at radius 2 is 2.56 bits per heavy atom. The first-order chi connectivity index (χ1) is 4.40. The second-order valence-corrected chi connectivity index (χ2v) is 2.99. The number of morpholine rings is 1. The third-order valence-electron chi connectivity index (χ3n) is 2.19. The van der Waals surface area contributed by atoms with Gasteiger partial charge in [-0.1, -0.05) is 6.92 Å². The lowest BCUT2D eigenvalue weighted by atomic mass is 10.2. The summed E-state index contributed by atoms with van der Waals surface area (Å²) < 4.78 is 5.49. The van der Waals surface area contributed by atoms with E-state index in [1.165, 1.54) is 12.8 Å². The van der Waals surface area contributed by atoms with Gasteiger partial charge < -0.3 is 10.1 Å². The average molecular weight is 127 g/mol. The fourth-order valence-electron chi connectivity index (χ4n) is 1.36. The summed E-state index contributed by atoms with van der Waals surface area (Å²) in [7, 11) is 0. The van der Waals surface area contributed by atoms with Crippen molar-refractivity contribution >= 4 is 0 Å². The van der Waals surface area contributed by atoms with Crippen molar-refractivity contribution in [3.05, 3.63) is 0 Å². The van der Waals surface area contributed by atoms with Crippen molar-refractivity contribution in [2.45, 2.75) is 38.0 Å². The summed E-state index contributed by atoms with van der Waals surface area (Å²) in [5, 5.41) is 3.52. The van der Waals surface area contributed by atoms with E-state index in [-0.39, 0.29) is 0 Å². The van der Waals surface area contributed by atoms with Gasteiger partial charge in [0.25, 0.3) is 0 Å². The summed E-state index contributed by atoms with van der Waals surface area (Å²) in [5.41, 5.74) is 0. The molecule has 1 heterocycles. The van der Waals surface area contributed by atoms with E-state index in [9.17, 15) is 0 Å². The third kappa shape index (κ3) is 0.970. The van der Waals surface area contributed by atoms with Gasteiger partial charge in [0.1, 0.15) is 0 Å². The van der Waals surface area contributed by atoms with Crippen LogP contribution in [0.2, 0.25) is 0 Å². The van der Waals surface area contributed by atoms with Crippen LogP contribution in [0.15, 0.2) is 0 Å². The van der Waals surface area contributed by atoms with Gasteiger partial charge in [-0.3, -0.25) is 0 Å². The molecular formula is C7H13NO. The van der Waals surface area contributed by atoms with Crippen molar-refractivity contribution in [2.24, 2.45) is 0 Å². The van der Waals surface area contributed by atoms with Gasteiger partial charge in [-0.05, 0) is 12.8 Å². The van der Waals surface area contributed by atoms with E-state index in [2.05, 4.69) is 12.2 Å². The molecule has 1 aliphatic carbocycles. The highest BCUT2D eigenvalue weighted by molar-refractivity contribution is 4.99. The van der Waals surface area contributed by atoms with Crippen molar-refractivity contribution in [1.82, 2.24) is 5.32 Å². The maximum Gasteiger partial charge on any atom is 0.0745 e. The van der Waals surface area contributed by atoms with E-state index in [0.717, 1.165) is 6.61 Å². The Labute approximate surface area is 55.6 Å². The van der Waals surface area contributed by atoms with Crippen molar-refractivity contribution in [3.63, 3.8) is 0 Å². The first kappa shape index (κ1) is 5.69. The molecule has 1 saturated heterocycles. The van der Waals surface area contributed by atoms with Gasteiger partial charge in [-0.15, -0.1) is 0 Å². The van der Waals surface area contributed by atoms with Gasteiger partial charge in [0.05, 0.1) is 12.7 Å². The highest BCUT2D eigenvalue weighted by Crippen LogP contribution is 2.29. The van der Waals surface area contributed by atoms with Crippen LogP contribution >= 0.6 is 0 Å². The highest BCUT2D eigenvalue weighted by Gasteiger charge is 2.42. The smallest absolute Gasteiger partial charge is 0.0745 e. The number of nitrogens with one attached hydrogen (secondary N) is 1. The fourth-order valence-corrected chi connectivity index (χ4v) is 1.36. The monoisotopic (exact) mass is 127 g/mol. The Balaban J connectivity index is 1.86. The van der Waals surface area contributed by atoms with Gasteiger partial charge in [-0.2, -0.15) is 0 Å². The van der Waals surface area contributed by atoms with E-state index < -0.39 is 0 Å². The lowest BCUT2D eigenvalue weighted by Crippen LogP contribution is -2.40. The predicted octanol–water partition coefficient (Wildman–Crippen LogP) is 0.526. The van der Waals surface area contributed by atoms with Gasteiger partial charge in [0.2, 0.25) is 0 Å². The van der Waals surface area contributed by atoms with E-state index in [0.29, 0.717) is 18.2 Å². The molecule has 1 saturated carbocycles. The third-order valence-corrected chi connectivity index (χ3v) is 2.19. The lowest BCUT2D eigenvalue weighted by Gasteiger charge is -2.21. The second kappa shape index (κ2) is 1.96. The molecule has 1 aliphatic heterocycles. The molecule has 0 aromatic heterocycles. The summed E-state index contributed by atoms with van der Waals surface area (Å²) in [5.74, 6) is 0. The van der Waals surface area contributed by atoms with Crippen LogP contribution in [0.5, 0.6) is 0 Å². The molecule has 52 valence electrons. The zero-order chi connectivity index (χ0) is 6.27. The molecule has 0 spiro atoms. The van der Waals surface area contributed by atoms with Crippen molar-refractivity contribution in [1.29, 1.82) is 0 Å². The predicted molar refractivity (Wildman–Crippen MR) is 35.4 cm³/mol. The average Bonchev–Trinajstić information content (AvgIpc) is 2.64. The zero-order valence-electron chi connectivity index (χ0n) is 5.76. The van der Waals surface area contributed by atoms with Crippen LogP contribution in [0.1, 0.15) is 19.8 Å². The molecule has 0 bridgehead atoms. The van der Waals surface area contributed by atoms with Crippen LogP contribution in [-0.4, -0.2) is 24.8 Å². The molecule has 0 aromatic rings. The molecule has 0 radical (unpaired) electrons. The standard InChI is InChI=1S/C7H13NO/c1-2-5-4-9-7-3-6(7)8-5/h5-8H,2-4H2,1H3. The van der Waals surface area contributed by atoms with Gasteiger partial charge >= 0.3 is 0 Å². The van der Waals surface area contributed by atoms with E-state index in [1.54, 1.807) is 0 Å². The minimum absolute atomic E-state index is 0.577. The molecule has 1 N–H and O–H groups in total. The summed E-state index contributed by atoms with van der Waals surface area (Å²) in [4.78, 5) is 0. The second-order valence-electron chi connectivity index (χ2n) is 2.99. The van der Waals surface area contributed by atoms with Crippen LogP contribution in [0.4, 0.5) is 0 Å². The topological polar surface area (TPSA) is 21.3 Å². The molecule has 2 aliphatic rings. The van der Waals surface area contributed by atoms with Crippen LogP contribution in [0.25, 0.3) is 0 Å². The molecule has 2 heteroatoms. The first-order valence-corrected chi connectivity index (χ1v) is 3.78. The zero-order valence-corrected chi connectivity index (χ0v) is 5.76. The molecular weight excluding hydrogens is 114 g/mol. The maximum atomic E-state index is 5.49. The van der Waals surface area contributed by atoms with Crippen LogP contribution in [-0.2, 0) is 4.74 Å². The first-order valence-electron chi connectivity index (χ1n) is 3.78. The molecule has 2 fully saturated rings. The normalized spacial score (nSPS) is 48.3. The van der Waals surface area contributed by atoms with Gasteiger partial charge in [0.15, 0.2) is 0 Å². The number of ether oxygens (including phenoxy) is 1. The quantitative estimate of drug-likeness (QED) is 0.554. The van der Waals surface area contributed by atoms with Gasteiger partial charge in [-0.25, -0.2) is 0 Å². The largest absolute Gasteiger partial charge is 0.375 e. The molecule has 9 heavy (non-hydrogen) atoms. The summed E-state index contributed by atoms with van der Waals surface area (Å²) >= 11 is 0.